The Morgan fingerprint density at radius 2 is 1.91 bits per heavy atom. The highest BCUT2D eigenvalue weighted by atomic mass is 79.9. The monoisotopic (exact) mass is 362 g/mol. The number of nitrogens with one attached hydrogen (secondary N) is 2. The summed E-state index contributed by atoms with van der Waals surface area (Å²) in [6.45, 7) is 4.76. The zero-order valence-corrected chi connectivity index (χ0v) is 14.2. The Morgan fingerprint density at radius 3 is 2.55 bits per heavy atom. The molecule has 2 aromatic rings. The van der Waals surface area contributed by atoms with Crippen LogP contribution in [-0.4, -0.2) is 19.1 Å². The van der Waals surface area contributed by atoms with E-state index in [1.807, 2.05) is 56.3 Å². The van der Waals surface area contributed by atoms with Crippen LogP contribution in [0.3, 0.4) is 0 Å². The highest BCUT2D eigenvalue weighted by molar-refractivity contribution is 9.10. The Balaban J connectivity index is 1.87. The largest absolute Gasteiger partial charge is 0.494 e. The lowest BCUT2D eigenvalue weighted by atomic mass is 10.2. The van der Waals surface area contributed by atoms with Crippen LogP contribution in [-0.2, 0) is 4.79 Å². The number of halogens is 1. The fraction of sp³-hybridized carbons (Fsp3) is 0.235. The molecule has 0 spiro atoms. The number of rotatable bonds is 6. The van der Waals surface area contributed by atoms with Gasteiger partial charge in [0.05, 0.1) is 13.2 Å². The van der Waals surface area contributed by atoms with Gasteiger partial charge in [0.25, 0.3) is 0 Å². The smallest absolute Gasteiger partial charge is 0.243 e. The zero-order valence-electron chi connectivity index (χ0n) is 12.7. The third-order valence-corrected chi connectivity index (χ3v) is 3.57. The van der Waals surface area contributed by atoms with Crippen molar-refractivity contribution in [3.05, 3.63) is 52.5 Å². The second-order valence-electron chi connectivity index (χ2n) is 4.82. The Hall–Kier alpha value is -2.01. The summed E-state index contributed by atoms with van der Waals surface area (Å²) >= 11 is 3.41. The van der Waals surface area contributed by atoms with Gasteiger partial charge in [0.15, 0.2) is 0 Å². The molecule has 0 radical (unpaired) electrons. The Kier molecular flexibility index (Phi) is 5.83. The van der Waals surface area contributed by atoms with Crippen LogP contribution in [0.4, 0.5) is 11.4 Å². The highest BCUT2D eigenvalue weighted by Gasteiger charge is 2.05. The molecule has 0 saturated heterocycles. The van der Waals surface area contributed by atoms with E-state index in [9.17, 15) is 4.79 Å². The summed E-state index contributed by atoms with van der Waals surface area (Å²) < 4.78 is 6.37. The maximum atomic E-state index is 12.0. The van der Waals surface area contributed by atoms with Gasteiger partial charge in [0.1, 0.15) is 5.75 Å². The third-order valence-electron chi connectivity index (χ3n) is 3.08. The molecule has 5 heteroatoms. The number of amides is 1. The van der Waals surface area contributed by atoms with Crippen LogP contribution in [0.5, 0.6) is 5.75 Å². The fourth-order valence-electron chi connectivity index (χ4n) is 1.98. The van der Waals surface area contributed by atoms with Gasteiger partial charge < -0.3 is 15.4 Å². The summed E-state index contributed by atoms with van der Waals surface area (Å²) in [6.07, 6.45) is 0. The summed E-state index contributed by atoms with van der Waals surface area (Å²) in [4.78, 5) is 12.0. The third kappa shape index (κ3) is 4.77. The van der Waals surface area contributed by atoms with Crippen molar-refractivity contribution in [3.8, 4) is 5.75 Å². The number of hydrogen-bond donors (Lipinski definition) is 2. The van der Waals surface area contributed by atoms with E-state index in [2.05, 4.69) is 26.6 Å². The molecule has 0 bridgehead atoms. The molecule has 0 fully saturated rings. The summed E-state index contributed by atoms with van der Waals surface area (Å²) in [7, 11) is 0. The maximum absolute atomic E-state index is 12.0. The van der Waals surface area contributed by atoms with Crippen LogP contribution in [0.1, 0.15) is 12.5 Å². The van der Waals surface area contributed by atoms with Crippen LogP contribution in [0, 0.1) is 6.92 Å². The quantitative estimate of drug-likeness (QED) is 0.809. The van der Waals surface area contributed by atoms with Crippen molar-refractivity contribution in [3.63, 3.8) is 0 Å². The summed E-state index contributed by atoms with van der Waals surface area (Å²) in [5.41, 5.74) is 2.72. The van der Waals surface area contributed by atoms with Gasteiger partial charge in [0, 0.05) is 15.8 Å². The molecule has 0 heterocycles. The highest BCUT2D eigenvalue weighted by Crippen LogP contribution is 2.20. The first-order valence-electron chi connectivity index (χ1n) is 7.11. The number of ether oxygens (including phenoxy) is 1. The Bertz CT molecular complexity index is 642. The van der Waals surface area contributed by atoms with E-state index in [4.69, 9.17) is 4.74 Å². The summed E-state index contributed by atoms with van der Waals surface area (Å²) in [5.74, 6) is 0.738. The van der Waals surface area contributed by atoms with Crippen molar-refractivity contribution < 1.29 is 9.53 Å². The van der Waals surface area contributed by atoms with Gasteiger partial charge in [-0.1, -0.05) is 15.9 Å². The molecule has 0 saturated carbocycles. The lowest BCUT2D eigenvalue weighted by molar-refractivity contribution is -0.114. The summed E-state index contributed by atoms with van der Waals surface area (Å²) in [5, 5.41) is 5.98. The number of carbonyl (C=O) groups excluding carboxylic acids is 1. The number of aryl methyl sites for hydroxylation is 1. The van der Waals surface area contributed by atoms with Crippen molar-refractivity contribution in [2.75, 3.05) is 23.8 Å². The van der Waals surface area contributed by atoms with Crippen molar-refractivity contribution in [2.24, 2.45) is 0 Å². The molecule has 2 rings (SSSR count). The molecule has 4 nitrogen and oxygen atoms in total. The summed E-state index contributed by atoms with van der Waals surface area (Å²) in [6, 6.07) is 13.3. The van der Waals surface area contributed by atoms with Crippen LogP contribution in [0.15, 0.2) is 46.9 Å². The molecule has 116 valence electrons. The molecule has 0 unspecified atom stereocenters. The number of benzene rings is 2. The van der Waals surface area contributed by atoms with Crippen molar-refractivity contribution in [1.82, 2.24) is 0 Å². The van der Waals surface area contributed by atoms with E-state index < -0.39 is 0 Å². The minimum atomic E-state index is -0.0840. The van der Waals surface area contributed by atoms with Crippen molar-refractivity contribution in [1.29, 1.82) is 0 Å². The average molecular weight is 363 g/mol. The topological polar surface area (TPSA) is 50.4 Å². The van der Waals surface area contributed by atoms with Gasteiger partial charge in [-0.25, -0.2) is 0 Å². The van der Waals surface area contributed by atoms with Crippen molar-refractivity contribution >= 4 is 33.2 Å². The van der Waals surface area contributed by atoms with E-state index in [0.717, 1.165) is 27.2 Å². The molecule has 0 aromatic heterocycles. The molecule has 22 heavy (non-hydrogen) atoms. The predicted octanol–water partition coefficient (Wildman–Crippen LogP) is 4.21. The molecule has 0 aliphatic rings. The molecule has 1 amide bonds. The molecule has 2 aromatic carbocycles. The van der Waals surface area contributed by atoms with E-state index >= 15 is 0 Å². The lowest BCUT2D eigenvalue weighted by Crippen LogP contribution is -2.22. The predicted molar refractivity (Wildman–Crippen MR) is 93.6 cm³/mol. The normalized spacial score (nSPS) is 10.1. The molecule has 0 atom stereocenters. The van der Waals surface area contributed by atoms with E-state index in [-0.39, 0.29) is 12.5 Å². The van der Waals surface area contributed by atoms with E-state index in [1.165, 1.54) is 0 Å². The molecular weight excluding hydrogens is 344 g/mol. The van der Waals surface area contributed by atoms with Crippen LogP contribution in [0.2, 0.25) is 0 Å². The minimum absolute atomic E-state index is 0.0840. The number of carbonyl (C=O) groups is 1. The fourth-order valence-corrected chi connectivity index (χ4v) is 2.46. The molecule has 0 aliphatic carbocycles. The van der Waals surface area contributed by atoms with Gasteiger partial charge in [-0.3, -0.25) is 4.79 Å². The molecular formula is C17H19BrN2O2. The zero-order chi connectivity index (χ0) is 15.9. The van der Waals surface area contributed by atoms with Crippen LogP contribution >= 0.6 is 15.9 Å². The number of anilines is 2. The van der Waals surface area contributed by atoms with Gasteiger partial charge >= 0.3 is 0 Å². The molecule has 0 aliphatic heterocycles. The van der Waals surface area contributed by atoms with E-state index in [1.54, 1.807) is 0 Å². The van der Waals surface area contributed by atoms with E-state index in [0.29, 0.717) is 6.61 Å². The van der Waals surface area contributed by atoms with Crippen molar-refractivity contribution in [2.45, 2.75) is 13.8 Å². The first-order valence-corrected chi connectivity index (χ1v) is 7.90. The second-order valence-corrected chi connectivity index (χ2v) is 5.73. The van der Waals surface area contributed by atoms with Crippen LogP contribution < -0.4 is 15.4 Å². The standard InChI is InChI=1S/C17H19BrN2O2/c1-3-22-15-7-5-14(6-8-15)19-11-17(21)20-16-9-4-13(18)10-12(16)2/h4-10,19H,3,11H2,1-2H3,(H,20,21). The Morgan fingerprint density at radius 1 is 1.18 bits per heavy atom. The first kappa shape index (κ1) is 16.4. The maximum Gasteiger partial charge on any atom is 0.243 e. The average Bonchev–Trinajstić information content (AvgIpc) is 2.50. The lowest BCUT2D eigenvalue weighted by Gasteiger charge is -2.10. The van der Waals surface area contributed by atoms with Gasteiger partial charge in [-0.15, -0.1) is 0 Å². The SMILES string of the molecule is CCOc1ccc(NCC(=O)Nc2ccc(Br)cc2C)cc1. The molecule has 2 N–H and O–H groups in total. The first-order chi connectivity index (χ1) is 10.6. The minimum Gasteiger partial charge on any atom is -0.494 e. The van der Waals surface area contributed by atoms with Gasteiger partial charge in [0.2, 0.25) is 5.91 Å². The Labute approximate surface area is 139 Å². The second kappa shape index (κ2) is 7.84. The van der Waals surface area contributed by atoms with Gasteiger partial charge in [-0.2, -0.15) is 0 Å². The number of hydrogen-bond acceptors (Lipinski definition) is 3. The van der Waals surface area contributed by atoms with Gasteiger partial charge in [-0.05, 0) is 61.9 Å². The van der Waals surface area contributed by atoms with Crippen LogP contribution in [0.25, 0.3) is 0 Å².